The van der Waals surface area contributed by atoms with E-state index in [0.717, 1.165) is 19.3 Å². The van der Waals surface area contributed by atoms with Gasteiger partial charge in [-0.25, -0.2) is 0 Å². The number of aliphatic hydroxyl groups excluding tert-OH is 1. The second-order valence-corrected chi connectivity index (χ2v) is 6.62. The van der Waals surface area contributed by atoms with Crippen LogP contribution in [0.25, 0.3) is 0 Å². The number of hydrogen-bond donors (Lipinski definition) is 2. The van der Waals surface area contributed by atoms with Crippen LogP contribution in [0.15, 0.2) is 0 Å². The van der Waals surface area contributed by atoms with Gasteiger partial charge in [0.25, 0.3) is 0 Å². The average Bonchev–Trinajstić information content (AvgIpc) is 2.58. The van der Waals surface area contributed by atoms with Gasteiger partial charge in [0.1, 0.15) is 0 Å². The van der Waals surface area contributed by atoms with Gasteiger partial charge < -0.3 is 15.7 Å². The highest BCUT2D eigenvalue weighted by Gasteiger charge is 2.39. The van der Waals surface area contributed by atoms with E-state index in [1.54, 1.807) is 0 Å². The standard InChI is InChI=1S/C13H28N2O/c1-10(12(2,3)4)15(5)11-6-7-13(14,8-11)9-16/h10-11,16H,6-9,14H2,1-5H3. The number of nitrogens with two attached hydrogens (primary N) is 1. The summed E-state index contributed by atoms with van der Waals surface area (Å²) in [5, 5.41) is 9.28. The van der Waals surface area contributed by atoms with Gasteiger partial charge in [0.05, 0.1) is 6.61 Å². The van der Waals surface area contributed by atoms with Crippen molar-refractivity contribution in [3.05, 3.63) is 0 Å². The lowest BCUT2D eigenvalue weighted by Gasteiger charge is -2.39. The Balaban J connectivity index is 2.61. The van der Waals surface area contributed by atoms with Crippen LogP contribution in [-0.2, 0) is 0 Å². The molecule has 1 aliphatic rings. The molecule has 0 aromatic rings. The first-order valence-electron chi connectivity index (χ1n) is 6.31. The molecule has 0 spiro atoms. The third-order valence-electron chi connectivity index (χ3n) is 4.37. The van der Waals surface area contributed by atoms with Crippen molar-refractivity contribution in [2.75, 3.05) is 13.7 Å². The molecular formula is C13H28N2O. The van der Waals surface area contributed by atoms with E-state index in [2.05, 4.69) is 39.6 Å². The molecular weight excluding hydrogens is 200 g/mol. The zero-order chi connectivity index (χ0) is 12.6. The van der Waals surface area contributed by atoms with Crippen LogP contribution in [0.3, 0.4) is 0 Å². The third-order valence-corrected chi connectivity index (χ3v) is 4.37. The van der Waals surface area contributed by atoms with Gasteiger partial charge in [-0.2, -0.15) is 0 Å². The highest BCUT2D eigenvalue weighted by molar-refractivity contribution is 4.98. The van der Waals surface area contributed by atoms with Crippen molar-refractivity contribution in [1.29, 1.82) is 0 Å². The van der Waals surface area contributed by atoms with Crippen molar-refractivity contribution < 1.29 is 5.11 Å². The molecule has 1 fully saturated rings. The first-order valence-corrected chi connectivity index (χ1v) is 6.31. The van der Waals surface area contributed by atoms with E-state index in [-0.39, 0.29) is 17.6 Å². The van der Waals surface area contributed by atoms with E-state index in [9.17, 15) is 5.11 Å². The largest absolute Gasteiger partial charge is 0.394 e. The Morgan fingerprint density at radius 1 is 1.50 bits per heavy atom. The van der Waals surface area contributed by atoms with Crippen molar-refractivity contribution in [1.82, 2.24) is 4.90 Å². The maximum Gasteiger partial charge on any atom is 0.0611 e. The van der Waals surface area contributed by atoms with Crippen molar-refractivity contribution >= 4 is 0 Å². The van der Waals surface area contributed by atoms with Gasteiger partial charge in [-0.15, -0.1) is 0 Å². The molecule has 0 radical (unpaired) electrons. The minimum absolute atomic E-state index is 0.112. The molecule has 96 valence electrons. The van der Waals surface area contributed by atoms with E-state index in [0.29, 0.717) is 12.1 Å². The maximum absolute atomic E-state index is 9.28. The summed E-state index contributed by atoms with van der Waals surface area (Å²) in [5.41, 5.74) is 6.07. The van der Waals surface area contributed by atoms with Crippen molar-refractivity contribution in [3.8, 4) is 0 Å². The summed E-state index contributed by atoms with van der Waals surface area (Å²) >= 11 is 0. The molecule has 0 amide bonds. The van der Waals surface area contributed by atoms with E-state index in [1.165, 1.54) is 0 Å². The molecule has 0 aromatic heterocycles. The highest BCUT2D eigenvalue weighted by Crippen LogP contribution is 2.34. The van der Waals surface area contributed by atoms with Gasteiger partial charge in [-0.1, -0.05) is 20.8 Å². The molecule has 3 atom stereocenters. The van der Waals surface area contributed by atoms with Gasteiger partial charge in [-0.3, -0.25) is 0 Å². The number of aliphatic hydroxyl groups is 1. The lowest BCUT2D eigenvalue weighted by molar-refractivity contribution is 0.0926. The third kappa shape index (κ3) is 2.96. The quantitative estimate of drug-likeness (QED) is 0.771. The van der Waals surface area contributed by atoms with E-state index in [4.69, 9.17) is 5.73 Å². The number of hydrogen-bond acceptors (Lipinski definition) is 3. The molecule has 3 heteroatoms. The maximum atomic E-state index is 9.28. The predicted octanol–water partition coefficient (Wildman–Crippen LogP) is 1.60. The molecule has 0 aromatic carbocycles. The van der Waals surface area contributed by atoms with Crippen molar-refractivity contribution in [3.63, 3.8) is 0 Å². The molecule has 3 N–H and O–H groups in total. The second-order valence-electron chi connectivity index (χ2n) is 6.62. The van der Waals surface area contributed by atoms with Crippen LogP contribution in [0.5, 0.6) is 0 Å². The Morgan fingerprint density at radius 2 is 2.06 bits per heavy atom. The van der Waals surface area contributed by atoms with Crippen LogP contribution in [-0.4, -0.2) is 41.3 Å². The summed E-state index contributed by atoms with van der Waals surface area (Å²) in [6, 6.07) is 1.05. The fourth-order valence-electron chi connectivity index (χ4n) is 2.55. The fraction of sp³-hybridized carbons (Fsp3) is 1.00. The van der Waals surface area contributed by atoms with Crippen LogP contribution >= 0.6 is 0 Å². The minimum Gasteiger partial charge on any atom is -0.394 e. The van der Waals surface area contributed by atoms with Gasteiger partial charge in [0.2, 0.25) is 0 Å². The van der Waals surface area contributed by atoms with Crippen LogP contribution in [0.2, 0.25) is 0 Å². The molecule has 0 bridgehead atoms. The van der Waals surface area contributed by atoms with E-state index < -0.39 is 0 Å². The molecule has 0 aliphatic heterocycles. The Bertz CT molecular complexity index is 237. The summed E-state index contributed by atoms with van der Waals surface area (Å²) < 4.78 is 0. The van der Waals surface area contributed by atoms with Crippen LogP contribution < -0.4 is 5.73 Å². The van der Waals surface area contributed by atoms with Crippen LogP contribution in [0.4, 0.5) is 0 Å². The highest BCUT2D eigenvalue weighted by atomic mass is 16.3. The summed E-state index contributed by atoms with van der Waals surface area (Å²) in [7, 11) is 2.18. The molecule has 3 unspecified atom stereocenters. The van der Waals surface area contributed by atoms with Gasteiger partial charge in [0.15, 0.2) is 0 Å². The summed E-state index contributed by atoms with van der Waals surface area (Å²) in [6.45, 7) is 9.19. The molecule has 1 aliphatic carbocycles. The molecule has 16 heavy (non-hydrogen) atoms. The molecule has 0 heterocycles. The second kappa shape index (κ2) is 4.63. The number of nitrogens with zero attached hydrogens (tertiary/aromatic N) is 1. The van der Waals surface area contributed by atoms with E-state index >= 15 is 0 Å². The van der Waals surface area contributed by atoms with Gasteiger partial charge in [0, 0.05) is 17.6 Å². The zero-order valence-electron chi connectivity index (χ0n) is 11.5. The Morgan fingerprint density at radius 3 is 2.44 bits per heavy atom. The van der Waals surface area contributed by atoms with Gasteiger partial charge >= 0.3 is 0 Å². The summed E-state index contributed by atoms with van der Waals surface area (Å²) in [5.74, 6) is 0. The lowest BCUT2D eigenvalue weighted by atomic mass is 9.86. The SMILES string of the molecule is CC(N(C)C1CCC(N)(CO)C1)C(C)(C)C. The molecule has 3 nitrogen and oxygen atoms in total. The molecule has 1 saturated carbocycles. The topological polar surface area (TPSA) is 49.5 Å². The molecule has 0 saturated heterocycles. The smallest absolute Gasteiger partial charge is 0.0611 e. The Labute approximate surface area is 100 Å². The average molecular weight is 228 g/mol. The lowest BCUT2D eigenvalue weighted by Crippen LogP contribution is -2.47. The first-order chi connectivity index (χ1) is 7.19. The summed E-state index contributed by atoms with van der Waals surface area (Å²) in [4.78, 5) is 2.43. The Hall–Kier alpha value is -0.120. The van der Waals surface area contributed by atoms with Crippen molar-refractivity contribution in [2.45, 2.75) is 64.6 Å². The normalized spacial score (nSPS) is 33.4. The predicted molar refractivity (Wildman–Crippen MR) is 68.3 cm³/mol. The first kappa shape index (κ1) is 13.9. The summed E-state index contributed by atoms with van der Waals surface area (Å²) in [6.07, 6.45) is 2.96. The van der Waals surface area contributed by atoms with Gasteiger partial charge in [-0.05, 0) is 38.6 Å². The van der Waals surface area contributed by atoms with E-state index in [1.807, 2.05) is 0 Å². The van der Waals surface area contributed by atoms with Crippen LogP contribution in [0.1, 0.15) is 47.0 Å². The van der Waals surface area contributed by atoms with Crippen molar-refractivity contribution in [2.24, 2.45) is 11.1 Å². The van der Waals surface area contributed by atoms with Crippen LogP contribution in [0, 0.1) is 5.41 Å². The zero-order valence-corrected chi connectivity index (χ0v) is 11.5. The fourth-order valence-corrected chi connectivity index (χ4v) is 2.55. The Kier molecular flexibility index (Phi) is 4.04. The monoisotopic (exact) mass is 228 g/mol. The minimum atomic E-state index is -0.337. The molecule has 1 rings (SSSR count). The number of rotatable bonds is 3.